The molecule has 1 aromatic rings. The van der Waals surface area contributed by atoms with E-state index >= 15 is 0 Å². The first-order valence-corrected chi connectivity index (χ1v) is 6.64. The summed E-state index contributed by atoms with van der Waals surface area (Å²) in [7, 11) is 2.29. The number of halogens is 1. The number of nitrogens with zero attached hydrogens (tertiary/aromatic N) is 1. The summed E-state index contributed by atoms with van der Waals surface area (Å²) < 4.78 is 6.77. The Bertz CT molecular complexity index is 406. The highest BCUT2D eigenvalue weighted by Crippen LogP contribution is 2.26. The van der Waals surface area contributed by atoms with E-state index in [-0.39, 0.29) is 18.2 Å². The quantitative estimate of drug-likeness (QED) is 0.424. The van der Waals surface area contributed by atoms with Crippen molar-refractivity contribution in [3.63, 3.8) is 0 Å². The maximum atomic E-state index is 9.40. The number of likely N-dealkylation sites (tertiary alicyclic amines) is 1. The van der Waals surface area contributed by atoms with E-state index in [1.165, 1.54) is 32.4 Å². The summed E-state index contributed by atoms with van der Waals surface area (Å²) in [4.78, 5) is 0. The number of hydrogen-bond acceptors (Lipinski definition) is 3. The second-order valence-electron chi connectivity index (χ2n) is 5.42. The minimum absolute atomic E-state index is 0. The number of benzene rings is 1. The normalized spacial score (nSPS) is 17.5. The van der Waals surface area contributed by atoms with E-state index in [4.69, 9.17) is 10.5 Å². The molecule has 1 aromatic carbocycles. The maximum absolute atomic E-state index is 9.40. The van der Waals surface area contributed by atoms with Gasteiger partial charge < -0.3 is 32.5 Å². The van der Waals surface area contributed by atoms with Gasteiger partial charge in [-0.05, 0) is 31.4 Å². The van der Waals surface area contributed by atoms with E-state index in [0.29, 0.717) is 18.0 Å². The number of rotatable bonds is 4. The van der Waals surface area contributed by atoms with Crippen LogP contribution in [0.4, 0.5) is 5.69 Å². The summed E-state index contributed by atoms with van der Waals surface area (Å²) >= 11 is 0. The van der Waals surface area contributed by atoms with E-state index in [1.807, 2.05) is 0 Å². The fraction of sp³-hybridized carbons (Fsp3) is 0.571. The molecule has 0 unspecified atom stereocenters. The highest BCUT2D eigenvalue weighted by molar-refractivity contribution is 5.55. The van der Waals surface area contributed by atoms with Crippen molar-refractivity contribution in [2.45, 2.75) is 19.3 Å². The summed E-state index contributed by atoms with van der Waals surface area (Å²) in [6, 6.07) is 4.81. The number of quaternary nitrogens is 1. The van der Waals surface area contributed by atoms with E-state index in [9.17, 15) is 5.11 Å². The predicted molar refractivity (Wildman–Crippen MR) is 72.7 cm³/mol. The van der Waals surface area contributed by atoms with Crippen LogP contribution in [-0.2, 0) is 0 Å². The molecule has 19 heavy (non-hydrogen) atoms. The van der Waals surface area contributed by atoms with Gasteiger partial charge in [-0.25, -0.2) is 0 Å². The van der Waals surface area contributed by atoms with Gasteiger partial charge >= 0.3 is 0 Å². The largest absolute Gasteiger partial charge is 1.00 e. The lowest BCUT2D eigenvalue weighted by Gasteiger charge is -2.37. The van der Waals surface area contributed by atoms with E-state index < -0.39 is 0 Å². The number of ether oxygens (including phenoxy) is 1. The lowest BCUT2D eigenvalue weighted by Crippen LogP contribution is -3.00. The number of anilines is 1. The molecule has 0 bridgehead atoms. The zero-order valence-electron chi connectivity index (χ0n) is 11.4. The van der Waals surface area contributed by atoms with Crippen LogP contribution in [0.3, 0.4) is 0 Å². The Morgan fingerprint density at radius 2 is 1.95 bits per heavy atom. The van der Waals surface area contributed by atoms with Crippen LogP contribution >= 0.6 is 0 Å². The van der Waals surface area contributed by atoms with Crippen molar-refractivity contribution in [2.24, 2.45) is 0 Å². The Hall–Kier alpha value is -1.13. The fourth-order valence-electron chi connectivity index (χ4n) is 2.52. The molecule has 108 valence electrons. The van der Waals surface area contributed by atoms with Gasteiger partial charge in [0.05, 0.1) is 25.8 Å². The number of aromatic hydroxyl groups is 1. The van der Waals surface area contributed by atoms with E-state index in [2.05, 4.69) is 7.05 Å². The van der Waals surface area contributed by atoms with Crippen molar-refractivity contribution in [3.8, 4) is 11.5 Å². The second kappa shape index (κ2) is 6.87. The number of piperidine rings is 1. The second-order valence-corrected chi connectivity index (χ2v) is 5.42. The van der Waals surface area contributed by atoms with Crippen LogP contribution in [0.1, 0.15) is 19.3 Å². The molecule has 0 aromatic heterocycles. The Morgan fingerprint density at radius 3 is 2.63 bits per heavy atom. The molecule has 0 saturated carbocycles. The molecule has 0 aliphatic carbocycles. The SMILES string of the molecule is C[N+]1(CCOc2cc(O)ccc2N)CCCCC1.[Cl-]. The van der Waals surface area contributed by atoms with Gasteiger partial charge in [0.25, 0.3) is 0 Å². The molecule has 1 aliphatic rings. The monoisotopic (exact) mass is 286 g/mol. The zero-order chi connectivity index (χ0) is 13.0. The summed E-state index contributed by atoms with van der Waals surface area (Å²) in [5, 5.41) is 9.40. The standard InChI is InChI=1S/C14H22N2O2.ClH/c1-16(7-3-2-4-8-16)9-10-18-14-11-12(17)5-6-13(14)15;/h5-6,11H,2-4,7-10,15H2,1H3;1H. The highest BCUT2D eigenvalue weighted by Gasteiger charge is 2.24. The van der Waals surface area contributed by atoms with Gasteiger partial charge in [-0.2, -0.15) is 0 Å². The van der Waals surface area contributed by atoms with Crippen LogP contribution in [0.5, 0.6) is 11.5 Å². The van der Waals surface area contributed by atoms with Gasteiger partial charge in [-0.15, -0.1) is 0 Å². The molecule has 1 aliphatic heterocycles. The molecule has 0 amide bonds. The molecule has 0 atom stereocenters. The van der Waals surface area contributed by atoms with E-state index in [1.54, 1.807) is 18.2 Å². The Morgan fingerprint density at radius 1 is 1.26 bits per heavy atom. The van der Waals surface area contributed by atoms with Crippen LogP contribution < -0.4 is 22.9 Å². The first-order valence-electron chi connectivity index (χ1n) is 6.64. The van der Waals surface area contributed by atoms with Gasteiger partial charge in [-0.3, -0.25) is 0 Å². The third-order valence-electron chi connectivity index (χ3n) is 3.78. The number of hydrogen-bond donors (Lipinski definition) is 2. The summed E-state index contributed by atoms with van der Waals surface area (Å²) in [5.74, 6) is 0.774. The minimum atomic E-state index is 0. The van der Waals surface area contributed by atoms with Gasteiger partial charge in [-0.1, -0.05) is 0 Å². The van der Waals surface area contributed by atoms with Crippen LogP contribution in [0.15, 0.2) is 18.2 Å². The van der Waals surface area contributed by atoms with Crippen LogP contribution in [0.2, 0.25) is 0 Å². The van der Waals surface area contributed by atoms with Crippen LogP contribution in [0.25, 0.3) is 0 Å². The molecule has 4 nitrogen and oxygen atoms in total. The number of phenols is 1. The smallest absolute Gasteiger partial charge is 0.146 e. The van der Waals surface area contributed by atoms with Gasteiger partial charge in [0, 0.05) is 6.07 Å². The molecular formula is C14H23ClN2O2. The summed E-state index contributed by atoms with van der Waals surface area (Å²) in [6.07, 6.45) is 3.98. The van der Waals surface area contributed by atoms with Crippen molar-refractivity contribution < 1.29 is 26.7 Å². The zero-order valence-corrected chi connectivity index (χ0v) is 12.2. The average Bonchev–Trinajstić information content (AvgIpc) is 2.34. The number of nitrogens with two attached hydrogens (primary N) is 1. The average molecular weight is 287 g/mol. The van der Waals surface area contributed by atoms with Gasteiger partial charge in [0.1, 0.15) is 24.7 Å². The number of likely N-dealkylation sites (N-methyl/N-ethyl adjacent to an activating group) is 1. The molecule has 0 spiro atoms. The molecule has 3 N–H and O–H groups in total. The van der Waals surface area contributed by atoms with E-state index in [0.717, 1.165) is 11.0 Å². The van der Waals surface area contributed by atoms with Gasteiger partial charge in [0.15, 0.2) is 0 Å². The Labute approximate surface area is 121 Å². The Kier molecular flexibility index (Phi) is 5.76. The minimum Gasteiger partial charge on any atom is -1.00 e. The molecule has 0 radical (unpaired) electrons. The summed E-state index contributed by atoms with van der Waals surface area (Å²) in [6.45, 7) is 4.11. The molecular weight excluding hydrogens is 264 g/mol. The third kappa shape index (κ3) is 4.48. The predicted octanol–water partition coefficient (Wildman–Crippen LogP) is -1.01. The third-order valence-corrected chi connectivity index (χ3v) is 3.78. The lowest BCUT2D eigenvalue weighted by atomic mass is 10.1. The maximum Gasteiger partial charge on any atom is 0.146 e. The topological polar surface area (TPSA) is 55.5 Å². The number of nitrogen functional groups attached to an aromatic ring is 1. The highest BCUT2D eigenvalue weighted by atomic mass is 35.5. The molecule has 1 heterocycles. The first kappa shape index (κ1) is 15.9. The van der Waals surface area contributed by atoms with Crippen molar-refractivity contribution in [3.05, 3.63) is 18.2 Å². The van der Waals surface area contributed by atoms with Gasteiger partial charge in [0.2, 0.25) is 0 Å². The van der Waals surface area contributed by atoms with Crippen LogP contribution in [0, 0.1) is 0 Å². The lowest BCUT2D eigenvalue weighted by molar-refractivity contribution is -0.914. The molecule has 1 fully saturated rings. The number of phenolic OH excluding ortho intramolecular Hbond substituents is 1. The molecule has 1 saturated heterocycles. The van der Waals surface area contributed by atoms with Crippen LogP contribution in [-0.4, -0.2) is 42.9 Å². The van der Waals surface area contributed by atoms with Crippen molar-refractivity contribution in [1.82, 2.24) is 0 Å². The fourth-order valence-corrected chi connectivity index (χ4v) is 2.52. The van der Waals surface area contributed by atoms with Crippen molar-refractivity contribution in [1.29, 1.82) is 0 Å². The van der Waals surface area contributed by atoms with Crippen molar-refractivity contribution >= 4 is 5.69 Å². The first-order chi connectivity index (χ1) is 8.59. The Balaban J connectivity index is 0.00000180. The summed E-state index contributed by atoms with van der Waals surface area (Å²) in [5.41, 5.74) is 6.38. The molecule has 5 heteroatoms. The van der Waals surface area contributed by atoms with Crippen molar-refractivity contribution in [2.75, 3.05) is 39.0 Å². The molecule has 2 rings (SSSR count).